The first-order valence-corrected chi connectivity index (χ1v) is 3.84. The van der Waals surface area contributed by atoms with Crippen LogP contribution in [0.25, 0.3) is 0 Å². The van der Waals surface area contributed by atoms with Crippen LogP contribution in [0.15, 0.2) is 24.0 Å². The molecule has 0 spiro atoms. The van der Waals surface area contributed by atoms with E-state index >= 15 is 0 Å². The van der Waals surface area contributed by atoms with Crippen LogP contribution in [0.5, 0.6) is 0 Å². The molecule has 2 unspecified atom stereocenters. The van der Waals surface area contributed by atoms with E-state index in [0.29, 0.717) is 0 Å². The van der Waals surface area contributed by atoms with Gasteiger partial charge in [-0.3, -0.25) is 0 Å². The molecule has 0 heterocycles. The molecule has 1 rings (SSSR count). The topological polar surface area (TPSA) is 55.8 Å². The van der Waals surface area contributed by atoms with E-state index in [-0.39, 0.29) is 11.7 Å². The van der Waals surface area contributed by atoms with Crippen LogP contribution in [0.1, 0.15) is 0 Å². The highest BCUT2D eigenvalue weighted by atomic mass is 16.6. The van der Waals surface area contributed by atoms with Crippen LogP contribution < -0.4 is 0 Å². The van der Waals surface area contributed by atoms with Crippen molar-refractivity contribution < 1.29 is 19.4 Å². The normalized spacial score (nSPS) is 32.5. The largest absolute Gasteiger partial charge is 0.495 e. The van der Waals surface area contributed by atoms with Crippen LogP contribution in [-0.4, -0.2) is 31.4 Å². The predicted octanol–water partition coefficient (Wildman–Crippen LogP) is 0.237. The second-order valence-corrected chi connectivity index (χ2v) is 2.71. The van der Waals surface area contributed by atoms with Crippen LogP contribution in [0.4, 0.5) is 0 Å². The van der Waals surface area contributed by atoms with Gasteiger partial charge in [-0.15, -0.1) is 0 Å². The molecule has 0 amide bonds. The Morgan fingerprint density at radius 2 is 2.31 bits per heavy atom. The Balaban J connectivity index is 2.93. The standard InChI is InChI=1S/C9H12O4/c1-12-8-5-7(6-10)3-4-9(8,11)13-2/h3-7,11H,1-2H3. The van der Waals surface area contributed by atoms with Gasteiger partial charge >= 0.3 is 0 Å². The van der Waals surface area contributed by atoms with E-state index in [0.717, 1.165) is 6.29 Å². The molecular weight excluding hydrogens is 172 g/mol. The van der Waals surface area contributed by atoms with Crippen molar-refractivity contribution >= 4 is 6.29 Å². The molecule has 13 heavy (non-hydrogen) atoms. The SMILES string of the molecule is COC1=CC(C=O)C=CC1(O)OC. The average molecular weight is 184 g/mol. The van der Waals surface area contributed by atoms with Crippen molar-refractivity contribution in [1.82, 2.24) is 0 Å². The van der Waals surface area contributed by atoms with Crippen LogP contribution in [0, 0.1) is 5.92 Å². The number of rotatable bonds is 3. The number of methoxy groups -OCH3 is 2. The molecule has 72 valence electrons. The lowest BCUT2D eigenvalue weighted by atomic mass is 9.99. The second-order valence-electron chi connectivity index (χ2n) is 2.71. The minimum Gasteiger partial charge on any atom is -0.495 e. The molecule has 1 N–H and O–H groups in total. The van der Waals surface area contributed by atoms with Crippen molar-refractivity contribution in [3.63, 3.8) is 0 Å². The highest BCUT2D eigenvalue weighted by Crippen LogP contribution is 2.26. The third-order valence-corrected chi connectivity index (χ3v) is 1.93. The van der Waals surface area contributed by atoms with Gasteiger partial charge in [0.25, 0.3) is 0 Å². The summed E-state index contributed by atoms with van der Waals surface area (Å²) in [4.78, 5) is 10.4. The number of carbonyl (C=O) groups is 1. The first kappa shape index (κ1) is 9.95. The van der Waals surface area contributed by atoms with E-state index in [2.05, 4.69) is 0 Å². The number of hydrogen-bond acceptors (Lipinski definition) is 4. The number of allylic oxidation sites excluding steroid dienone is 2. The molecule has 1 aliphatic rings. The Labute approximate surface area is 76.5 Å². The van der Waals surface area contributed by atoms with Gasteiger partial charge in [0.05, 0.1) is 13.0 Å². The first-order chi connectivity index (χ1) is 6.16. The summed E-state index contributed by atoms with van der Waals surface area (Å²) in [5.41, 5.74) is 0. The lowest BCUT2D eigenvalue weighted by molar-refractivity contribution is -0.144. The lowest BCUT2D eigenvalue weighted by Gasteiger charge is -2.27. The van der Waals surface area contributed by atoms with E-state index in [1.165, 1.54) is 26.4 Å². The maximum absolute atomic E-state index is 10.4. The van der Waals surface area contributed by atoms with E-state index in [1.807, 2.05) is 0 Å². The summed E-state index contributed by atoms with van der Waals surface area (Å²) in [6, 6.07) is 0. The van der Waals surface area contributed by atoms with Gasteiger partial charge in [-0.05, 0) is 12.2 Å². The molecule has 0 radical (unpaired) electrons. The van der Waals surface area contributed by atoms with Crippen molar-refractivity contribution in [2.75, 3.05) is 14.2 Å². The maximum atomic E-state index is 10.4. The molecule has 2 atom stereocenters. The summed E-state index contributed by atoms with van der Waals surface area (Å²) in [7, 11) is 2.77. The molecule has 4 nitrogen and oxygen atoms in total. The Hall–Kier alpha value is -1.13. The third kappa shape index (κ3) is 1.79. The molecule has 0 aromatic rings. The Bertz CT molecular complexity index is 256. The minimum absolute atomic E-state index is 0.231. The quantitative estimate of drug-likeness (QED) is 0.387. The summed E-state index contributed by atoms with van der Waals surface area (Å²) < 4.78 is 9.74. The molecular formula is C9H12O4. The van der Waals surface area contributed by atoms with Crippen LogP contribution in [-0.2, 0) is 14.3 Å². The summed E-state index contributed by atoms with van der Waals surface area (Å²) in [6.45, 7) is 0. The predicted molar refractivity (Wildman–Crippen MR) is 45.7 cm³/mol. The van der Waals surface area contributed by atoms with Crippen molar-refractivity contribution in [2.45, 2.75) is 5.79 Å². The van der Waals surface area contributed by atoms with Gasteiger partial charge in [-0.1, -0.05) is 6.08 Å². The Morgan fingerprint density at radius 3 is 2.77 bits per heavy atom. The first-order valence-electron chi connectivity index (χ1n) is 3.84. The van der Waals surface area contributed by atoms with E-state index in [9.17, 15) is 9.90 Å². The van der Waals surface area contributed by atoms with Crippen LogP contribution >= 0.6 is 0 Å². The van der Waals surface area contributed by atoms with E-state index in [1.54, 1.807) is 6.08 Å². The van der Waals surface area contributed by atoms with Gasteiger partial charge in [0.15, 0.2) is 5.76 Å². The average Bonchev–Trinajstić information content (AvgIpc) is 2.18. The molecule has 0 fully saturated rings. The molecule has 0 aliphatic heterocycles. The summed E-state index contributed by atoms with van der Waals surface area (Å²) in [5.74, 6) is -1.66. The van der Waals surface area contributed by atoms with E-state index < -0.39 is 5.79 Å². The Kier molecular flexibility index (Phi) is 2.85. The fourth-order valence-electron chi connectivity index (χ4n) is 1.14. The van der Waals surface area contributed by atoms with E-state index in [4.69, 9.17) is 9.47 Å². The molecule has 0 bridgehead atoms. The fraction of sp³-hybridized carbons (Fsp3) is 0.444. The number of carbonyl (C=O) groups excluding carboxylic acids is 1. The zero-order chi connectivity index (χ0) is 9.90. The number of aliphatic hydroxyl groups is 1. The zero-order valence-corrected chi connectivity index (χ0v) is 7.56. The number of aldehydes is 1. The fourth-order valence-corrected chi connectivity index (χ4v) is 1.14. The monoisotopic (exact) mass is 184 g/mol. The number of hydrogen-bond donors (Lipinski definition) is 1. The molecule has 1 aliphatic carbocycles. The van der Waals surface area contributed by atoms with Gasteiger partial charge < -0.3 is 19.4 Å². The highest BCUT2D eigenvalue weighted by molar-refractivity contribution is 5.61. The summed E-state index contributed by atoms with van der Waals surface area (Å²) >= 11 is 0. The molecule has 0 saturated heterocycles. The van der Waals surface area contributed by atoms with Crippen molar-refractivity contribution in [2.24, 2.45) is 5.92 Å². The van der Waals surface area contributed by atoms with Gasteiger partial charge in [0.2, 0.25) is 5.79 Å². The van der Waals surface area contributed by atoms with Crippen molar-refractivity contribution in [1.29, 1.82) is 0 Å². The van der Waals surface area contributed by atoms with Gasteiger partial charge in [-0.2, -0.15) is 0 Å². The molecule has 0 aromatic carbocycles. The third-order valence-electron chi connectivity index (χ3n) is 1.93. The minimum atomic E-state index is -1.53. The van der Waals surface area contributed by atoms with Gasteiger partial charge in [0.1, 0.15) is 6.29 Å². The Morgan fingerprint density at radius 1 is 1.62 bits per heavy atom. The molecule has 0 aromatic heterocycles. The zero-order valence-electron chi connectivity index (χ0n) is 7.56. The van der Waals surface area contributed by atoms with Gasteiger partial charge in [0, 0.05) is 7.11 Å². The summed E-state index contributed by atoms with van der Waals surface area (Å²) in [6.07, 6.45) is 5.21. The van der Waals surface area contributed by atoms with Crippen molar-refractivity contribution in [3.05, 3.63) is 24.0 Å². The van der Waals surface area contributed by atoms with Gasteiger partial charge in [-0.25, -0.2) is 0 Å². The molecule has 0 saturated carbocycles. The van der Waals surface area contributed by atoms with Crippen LogP contribution in [0.3, 0.4) is 0 Å². The number of ether oxygens (including phenoxy) is 2. The highest BCUT2D eigenvalue weighted by Gasteiger charge is 2.33. The lowest BCUT2D eigenvalue weighted by Crippen LogP contribution is -2.34. The van der Waals surface area contributed by atoms with Crippen molar-refractivity contribution in [3.8, 4) is 0 Å². The van der Waals surface area contributed by atoms with Crippen LogP contribution in [0.2, 0.25) is 0 Å². The smallest absolute Gasteiger partial charge is 0.245 e. The maximum Gasteiger partial charge on any atom is 0.245 e. The molecule has 4 heteroatoms. The second kappa shape index (κ2) is 3.72. The summed E-state index contributed by atoms with van der Waals surface area (Å²) in [5, 5.41) is 9.73.